The number of rotatable bonds is 5. The van der Waals surface area contributed by atoms with E-state index in [9.17, 15) is 9.59 Å². The number of piperidine rings is 1. The fraction of sp³-hybridized carbons (Fsp3) is 0.591. The van der Waals surface area contributed by atoms with Crippen LogP contribution in [0.4, 0.5) is 0 Å². The van der Waals surface area contributed by atoms with Crippen LogP contribution in [0.5, 0.6) is 0 Å². The number of carbonyl (C=O) groups is 1. The smallest absolute Gasteiger partial charge is 0.255 e. The van der Waals surface area contributed by atoms with Crippen LogP contribution in [0, 0.1) is 5.92 Å². The standard InChI is InChI=1S/C22H30N6O2/c1-2-28-19(5-6-24-28)14-26-10-16-9-18(13-26)20-4-3-17(22(30)27(20)11-16)12-25-8-7-23-21(29)15-25/h3-6,16,18H,2,7-15H2,1H3,(H,23,29)/t16-,18+/m0/s1. The molecule has 2 aromatic heterocycles. The maximum absolute atomic E-state index is 13.2. The van der Waals surface area contributed by atoms with Crippen LogP contribution in [0.1, 0.15) is 36.2 Å². The van der Waals surface area contributed by atoms with Gasteiger partial charge in [-0.3, -0.25) is 24.1 Å². The van der Waals surface area contributed by atoms with E-state index in [4.69, 9.17) is 0 Å². The van der Waals surface area contributed by atoms with Gasteiger partial charge in [-0.2, -0.15) is 5.10 Å². The second kappa shape index (κ2) is 8.00. The Balaban J connectivity index is 1.33. The third kappa shape index (κ3) is 3.70. The molecule has 30 heavy (non-hydrogen) atoms. The van der Waals surface area contributed by atoms with E-state index in [2.05, 4.69) is 44.0 Å². The highest BCUT2D eigenvalue weighted by molar-refractivity contribution is 5.78. The van der Waals surface area contributed by atoms with Crippen molar-refractivity contribution in [1.82, 2.24) is 29.5 Å². The zero-order valence-electron chi connectivity index (χ0n) is 17.6. The molecule has 2 atom stereocenters. The molecule has 2 saturated heterocycles. The highest BCUT2D eigenvalue weighted by Crippen LogP contribution is 2.35. The Morgan fingerprint density at radius 1 is 1.10 bits per heavy atom. The molecule has 3 aliphatic rings. The van der Waals surface area contributed by atoms with Gasteiger partial charge in [0, 0.05) is 75.7 Å². The molecule has 0 unspecified atom stereocenters. The van der Waals surface area contributed by atoms with Crippen LogP contribution in [-0.4, -0.2) is 62.8 Å². The first-order valence-corrected chi connectivity index (χ1v) is 11.1. The summed E-state index contributed by atoms with van der Waals surface area (Å²) in [5.41, 5.74) is 3.36. The van der Waals surface area contributed by atoms with E-state index in [1.165, 1.54) is 11.4 Å². The van der Waals surface area contributed by atoms with E-state index in [1.807, 2.05) is 16.8 Å². The molecule has 1 N–H and O–H groups in total. The molecular formula is C22H30N6O2. The van der Waals surface area contributed by atoms with Crippen LogP contribution in [0.3, 0.4) is 0 Å². The molecule has 0 saturated carbocycles. The number of piperazine rings is 1. The average Bonchev–Trinajstić information content (AvgIpc) is 3.17. The predicted octanol–water partition coefficient (Wildman–Crippen LogP) is 0.616. The molecule has 8 heteroatoms. The van der Waals surface area contributed by atoms with Crippen molar-refractivity contribution in [3.05, 3.63) is 51.7 Å². The number of aromatic nitrogens is 3. The second-order valence-electron chi connectivity index (χ2n) is 8.89. The quantitative estimate of drug-likeness (QED) is 0.782. The first-order chi connectivity index (χ1) is 14.6. The number of hydrogen-bond acceptors (Lipinski definition) is 5. The van der Waals surface area contributed by atoms with Crippen molar-refractivity contribution < 1.29 is 4.79 Å². The number of fused-ring (bicyclic) bond motifs is 4. The summed E-state index contributed by atoms with van der Waals surface area (Å²) in [6, 6.07) is 6.26. The number of nitrogens with zero attached hydrogens (tertiary/aromatic N) is 5. The van der Waals surface area contributed by atoms with Gasteiger partial charge in [-0.25, -0.2) is 0 Å². The minimum atomic E-state index is 0.0401. The van der Waals surface area contributed by atoms with Gasteiger partial charge in [-0.05, 0) is 31.4 Å². The van der Waals surface area contributed by atoms with E-state index in [1.54, 1.807) is 0 Å². The number of amides is 1. The largest absolute Gasteiger partial charge is 0.354 e. The van der Waals surface area contributed by atoms with Crippen molar-refractivity contribution in [1.29, 1.82) is 0 Å². The molecule has 0 aliphatic carbocycles. The van der Waals surface area contributed by atoms with E-state index >= 15 is 0 Å². The first kappa shape index (κ1) is 19.5. The van der Waals surface area contributed by atoms with Gasteiger partial charge in [0.05, 0.1) is 12.2 Å². The predicted molar refractivity (Wildman–Crippen MR) is 113 cm³/mol. The fourth-order valence-electron chi connectivity index (χ4n) is 5.42. The maximum atomic E-state index is 13.2. The monoisotopic (exact) mass is 410 g/mol. The summed E-state index contributed by atoms with van der Waals surface area (Å²) in [5, 5.41) is 7.24. The minimum absolute atomic E-state index is 0.0401. The van der Waals surface area contributed by atoms with Crippen molar-refractivity contribution in [3.8, 4) is 0 Å². The van der Waals surface area contributed by atoms with Crippen LogP contribution in [0.15, 0.2) is 29.2 Å². The molecule has 2 fully saturated rings. The Morgan fingerprint density at radius 3 is 2.83 bits per heavy atom. The van der Waals surface area contributed by atoms with E-state index in [0.29, 0.717) is 31.5 Å². The molecule has 2 aromatic rings. The lowest BCUT2D eigenvalue weighted by molar-refractivity contribution is -0.124. The van der Waals surface area contributed by atoms with Crippen LogP contribution >= 0.6 is 0 Å². The Kier molecular flexibility index (Phi) is 5.20. The number of aryl methyl sites for hydroxylation is 1. The molecule has 3 aliphatic heterocycles. The number of nitrogens with one attached hydrogen (secondary N) is 1. The third-order valence-electron chi connectivity index (χ3n) is 6.76. The number of likely N-dealkylation sites (tertiary alicyclic amines) is 1. The molecule has 160 valence electrons. The zero-order valence-corrected chi connectivity index (χ0v) is 17.6. The minimum Gasteiger partial charge on any atom is -0.354 e. The summed E-state index contributed by atoms with van der Waals surface area (Å²) in [6.07, 6.45) is 3.04. The first-order valence-electron chi connectivity index (χ1n) is 11.1. The van der Waals surface area contributed by atoms with E-state index in [0.717, 1.165) is 51.3 Å². The normalized spacial score (nSPS) is 24.5. The van der Waals surface area contributed by atoms with Gasteiger partial charge in [0.1, 0.15) is 0 Å². The van der Waals surface area contributed by atoms with Gasteiger partial charge in [0.2, 0.25) is 5.91 Å². The molecule has 5 rings (SSSR count). The van der Waals surface area contributed by atoms with Crippen molar-refractivity contribution in [2.24, 2.45) is 5.92 Å². The van der Waals surface area contributed by atoms with Gasteiger partial charge in [0.25, 0.3) is 5.56 Å². The van der Waals surface area contributed by atoms with Gasteiger partial charge in [-0.15, -0.1) is 0 Å². The molecule has 5 heterocycles. The van der Waals surface area contributed by atoms with Crippen LogP contribution in [0.25, 0.3) is 0 Å². The number of carbonyl (C=O) groups excluding carboxylic acids is 1. The number of hydrogen-bond donors (Lipinski definition) is 1. The molecular weight excluding hydrogens is 380 g/mol. The Labute approximate surface area is 176 Å². The van der Waals surface area contributed by atoms with E-state index < -0.39 is 0 Å². The molecule has 1 amide bonds. The maximum Gasteiger partial charge on any atom is 0.255 e. The van der Waals surface area contributed by atoms with Crippen molar-refractivity contribution >= 4 is 5.91 Å². The average molecular weight is 411 g/mol. The van der Waals surface area contributed by atoms with E-state index in [-0.39, 0.29) is 11.5 Å². The van der Waals surface area contributed by atoms with Crippen molar-refractivity contribution in [2.75, 3.05) is 32.7 Å². The Hall–Kier alpha value is -2.45. The van der Waals surface area contributed by atoms with Gasteiger partial charge in [0.15, 0.2) is 0 Å². The lowest BCUT2D eigenvalue weighted by Gasteiger charge is -2.43. The van der Waals surface area contributed by atoms with Gasteiger partial charge in [-0.1, -0.05) is 6.07 Å². The molecule has 2 bridgehead atoms. The Morgan fingerprint density at radius 2 is 2.00 bits per heavy atom. The molecule has 0 aromatic carbocycles. The summed E-state index contributed by atoms with van der Waals surface area (Å²) < 4.78 is 4.09. The van der Waals surface area contributed by atoms with Crippen LogP contribution in [0.2, 0.25) is 0 Å². The molecule has 0 radical (unpaired) electrons. The second-order valence-corrected chi connectivity index (χ2v) is 8.89. The topological polar surface area (TPSA) is 75.4 Å². The molecule has 0 spiro atoms. The Bertz CT molecular complexity index is 996. The SMILES string of the molecule is CCn1nccc1CN1C[C@@H]2C[C@H](C1)c1ccc(CN3CCNC(=O)C3)c(=O)n1C2. The summed E-state index contributed by atoms with van der Waals surface area (Å²) in [7, 11) is 0. The van der Waals surface area contributed by atoms with Crippen molar-refractivity contribution in [3.63, 3.8) is 0 Å². The highest BCUT2D eigenvalue weighted by Gasteiger charge is 2.35. The number of pyridine rings is 1. The lowest BCUT2D eigenvalue weighted by Crippen LogP contribution is -2.49. The summed E-state index contributed by atoms with van der Waals surface area (Å²) in [6.45, 7) is 9.10. The third-order valence-corrected chi connectivity index (χ3v) is 6.76. The summed E-state index contributed by atoms with van der Waals surface area (Å²) >= 11 is 0. The highest BCUT2D eigenvalue weighted by atomic mass is 16.2. The van der Waals surface area contributed by atoms with Gasteiger partial charge >= 0.3 is 0 Å². The van der Waals surface area contributed by atoms with Crippen LogP contribution in [-0.2, 0) is 31.0 Å². The summed E-state index contributed by atoms with van der Waals surface area (Å²) in [4.78, 5) is 29.5. The molecule has 8 nitrogen and oxygen atoms in total. The zero-order chi connectivity index (χ0) is 20.7. The van der Waals surface area contributed by atoms with Crippen molar-refractivity contribution in [2.45, 2.75) is 45.4 Å². The van der Waals surface area contributed by atoms with Gasteiger partial charge < -0.3 is 9.88 Å². The lowest BCUT2D eigenvalue weighted by atomic mass is 9.83. The fourth-order valence-corrected chi connectivity index (χ4v) is 5.42. The summed E-state index contributed by atoms with van der Waals surface area (Å²) in [5.74, 6) is 0.944. The van der Waals surface area contributed by atoms with Crippen LogP contribution < -0.4 is 10.9 Å².